The minimum absolute atomic E-state index is 0.0852. The van der Waals surface area contributed by atoms with Crippen molar-refractivity contribution in [2.24, 2.45) is 0 Å². The van der Waals surface area contributed by atoms with Gasteiger partial charge in [0.15, 0.2) is 12.4 Å². The minimum Gasteiger partial charge on any atom is -0.481 e. The summed E-state index contributed by atoms with van der Waals surface area (Å²) in [6, 6.07) is 5.80. The van der Waals surface area contributed by atoms with E-state index in [2.05, 4.69) is 10.1 Å². The van der Waals surface area contributed by atoms with Crippen LogP contribution in [0.4, 0.5) is 14.5 Å². The van der Waals surface area contributed by atoms with Gasteiger partial charge >= 0.3 is 6.61 Å². The Balaban J connectivity index is 2.12. The summed E-state index contributed by atoms with van der Waals surface area (Å²) in [5, 5.41) is 3.23. The van der Waals surface area contributed by atoms with Crippen LogP contribution in [-0.4, -0.2) is 19.1 Å². The summed E-state index contributed by atoms with van der Waals surface area (Å²) in [6.45, 7) is -0.0670. The second kappa shape index (κ2) is 8.75. The van der Waals surface area contributed by atoms with Crippen LogP contribution in [-0.2, 0) is 4.79 Å². The van der Waals surface area contributed by atoms with E-state index in [4.69, 9.17) is 39.5 Å². The van der Waals surface area contributed by atoms with Crippen molar-refractivity contribution in [2.45, 2.75) is 20.5 Å². The van der Waals surface area contributed by atoms with Gasteiger partial charge in [0, 0.05) is 5.02 Å². The van der Waals surface area contributed by atoms with E-state index in [0.29, 0.717) is 16.1 Å². The normalized spacial score (nSPS) is 10.8. The third-order valence-corrected chi connectivity index (χ3v) is 4.92. The van der Waals surface area contributed by atoms with Crippen LogP contribution in [0.3, 0.4) is 0 Å². The molecule has 1 amide bonds. The van der Waals surface area contributed by atoms with Gasteiger partial charge in [-0.2, -0.15) is 8.78 Å². The van der Waals surface area contributed by atoms with Gasteiger partial charge in [0.25, 0.3) is 5.91 Å². The number of rotatable bonds is 6. The number of carbonyl (C=O) groups is 1. The molecule has 0 saturated heterocycles. The molecule has 26 heavy (non-hydrogen) atoms. The van der Waals surface area contributed by atoms with Crippen molar-refractivity contribution in [3.8, 4) is 11.5 Å². The van der Waals surface area contributed by atoms with Crippen molar-refractivity contribution in [1.82, 2.24) is 0 Å². The molecule has 0 spiro atoms. The smallest absolute Gasteiger partial charge is 0.387 e. The number of alkyl halides is 2. The fourth-order valence-electron chi connectivity index (χ4n) is 2.13. The van der Waals surface area contributed by atoms with Crippen LogP contribution in [0, 0.1) is 13.8 Å². The number of anilines is 1. The first-order valence-electron chi connectivity index (χ1n) is 7.32. The van der Waals surface area contributed by atoms with Crippen LogP contribution in [0.5, 0.6) is 11.5 Å². The molecule has 0 aromatic heterocycles. The van der Waals surface area contributed by atoms with E-state index in [1.165, 1.54) is 18.2 Å². The van der Waals surface area contributed by atoms with Crippen LogP contribution in [0.2, 0.25) is 15.1 Å². The maximum absolute atomic E-state index is 12.4. The number of carbonyl (C=O) groups excluding carboxylic acids is 1. The molecule has 0 saturated carbocycles. The Labute approximate surface area is 163 Å². The molecular formula is C17H14Cl3F2NO3. The van der Waals surface area contributed by atoms with Crippen LogP contribution < -0.4 is 14.8 Å². The van der Waals surface area contributed by atoms with E-state index in [9.17, 15) is 13.6 Å². The lowest BCUT2D eigenvalue weighted by Gasteiger charge is -2.16. The second-order valence-electron chi connectivity index (χ2n) is 5.23. The van der Waals surface area contributed by atoms with Crippen molar-refractivity contribution in [1.29, 1.82) is 0 Å². The highest BCUT2D eigenvalue weighted by molar-refractivity contribution is 6.42. The molecule has 0 atom stereocenters. The highest BCUT2D eigenvalue weighted by Gasteiger charge is 2.19. The molecule has 0 aliphatic rings. The standard InChI is InChI=1S/C17H14Cl3F2NO3/c1-8-13(18)9(2)15(20)16(14(8)19)25-7-12(24)23-10-5-3-4-6-11(10)26-17(21)22/h3-6,17H,7H2,1-2H3,(H,23,24). The molecule has 2 rings (SSSR count). The fourth-order valence-corrected chi connectivity index (χ4v) is 2.95. The Morgan fingerprint density at radius 1 is 1.08 bits per heavy atom. The van der Waals surface area contributed by atoms with Gasteiger partial charge in [-0.1, -0.05) is 46.9 Å². The molecule has 0 aliphatic heterocycles. The van der Waals surface area contributed by atoms with Gasteiger partial charge in [0.1, 0.15) is 5.75 Å². The Morgan fingerprint density at radius 2 is 1.65 bits per heavy atom. The quantitative estimate of drug-likeness (QED) is 0.629. The van der Waals surface area contributed by atoms with Crippen LogP contribution in [0.15, 0.2) is 24.3 Å². The summed E-state index contributed by atoms with van der Waals surface area (Å²) in [5.41, 5.74) is 1.23. The highest BCUT2D eigenvalue weighted by Crippen LogP contribution is 2.42. The summed E-state index contributed by atoms with van der Waals surface area (Å²) in [5.74, 6) is -0.641. The number of ether oxygens (including phenoxy) is 2. The van der Waals surface area contributed by atoms with Crippen molar-refractivity contribution in [2.75, 3.05) is 11.9 Å². The van der Waals surface area contributed by atoms with Crippen LogP contribution >= 0.6 is 34.8 Å². The number of benzene rings is 2. The van der Waals surface area contributed by atoms with Crippen molar-refractivity contribution < 1.29 is 23.0 Å². The molecule has 140 valence electrons. The minimum atomic E-state index is -3.01. The topological polar surface area (TPSA) is 47.6 Å². The molecule has 0 heterocycles. The van der Waals surface area contributed by atoms with Gasteiger partial charge in [-0.3, -0.25) is 4.79 Å². The maximum atomic E-state index is 12.4. The lowest BCUT2D eigenvalue weighted by atomic mass is 10.1. The number of halogens is 5. The molecule has 0 unspecified atom stereocenters. The van der Waals surface area contributed by atoms with E-state index in [1.807, 2.05) is 0 Å². The average molecular weight is 425 g/mol. The molecular weight excluding hydrogens is 411 g/mol. The molecule has 0 aliphatic carbocycles. The number of para-hydroxylation sites is 2. The number of amides is 1. The number of hydrogen-bond acceptors (Lipinski definition) is 3. The first-order chi connectivity index (χ1) is 12.2. The Bertz CT molecular complexity index is 802. The maximum Gasteiger partial charge on any atom is 0.387 e. The molecule has 4 nitrogen and oxygen atoms in total. The fraction of sp³-hybridized carbons (Fsp3) is 0.235. The van der Waals surface area contributed by atoms with Crippen molar-refractivity contribution in [3.63, 3.8) is 0 Å². The van der Waals surface area contributed by atoms with E-state index in [0.717, 1.165) is 0 Å². The zero-order valence-corrected chi connectivity index (χ0v) is 16.0. The van der Waals surface area contributed by atoms with Crippen LogP contribution in [0.1, 0.15) is 11.1 Å². The molecule has 9 heteroatoms. The third kappa shape index (κ3) is 4.69. The zero-order chi connectivity index (χ0) is 19.4. The van der Waals surface area contributed by atoms with Gasteiger partial charge in [0.05, 0.1) is 15.7 Å². The summed E-state index contributed by atoms with van der Waals surface area (Å²) < 4.78 is 34.6. The molecule has 1 N–H and O–H groups in total. The third-order valence-electron chi connectivity index (χ3n) is 3.44. The first kappa shape index (κ1) is 20.6. The van der Waals surface area contributed by atoms with E-state index >= 15 is 0 Å². The predicted molar refractivity (Wildman–Crippen MR) is 98.1 cm³/mol. The largest absolute Gasteiger partial charge is 0.481 e. The Kier molecular flexibility index (Phi) is 6.92. The Morgan fingerprint density at radius 3 is 2.23 bits per heavy atom. The van der Waals surface area contributed by atoms with Gasteiger partial charge in [0.2, 0.25) is 0 Å². The van der Waals surface area contributed by atoms with E-state index in [-0.39, 0.29) is 27.2 Å². The number of nitrogens with one attached hydrogen (secondary N) is 1. The molecule has 2 aromatic rings. The predicted octanol–water partition coefficient (Wildman–Crippen LogP) is 5.88. The van der Waals surface area contributed by atoms with Gasteiger partial charge in [-0.15, -0.1) is 0 Å². The second-order valence-corrected chi connectivity index (χ2v) is 6.37. The molecule has 0 radical (unpaired) electrons. The lowest BCUT2D eigenvalue weighted by molar-refractivity contribution is -0.118. The average Bonchev–Trinajstić information content (AvgIpc) is 2.59. The van der Waals surface area contributed by atoms with Gasteiger partial charge in [-0.25, -0.2) is 0 Å². The summed E-state index contributed by atoms with van der Waals surface area (Å²) in [4.78, 5) is 12.1. The molecule has 2 aromatic carbocycles. The van der Waals surface area contributed by atoms with E-state index in [1.54, 1.807) is 19.9 Å². The van der Waals surface area contributed by atoms with E-state index < -0.39 is 19.1 Å². The summed E-state index contributed by atoms with van der Waals surface area (Å²) in [6.07, 6.45) is 0. The SMILES string of the molecule is Cc1c(Cl)c(C)c(Cl)c(OCC(=O)Nc2ccccc2OC(F)F)c1Cl. The van der Waals surface area contributed by atoms with Gasteiger partial charge < -0.3 is 14.8 Å². The number of hydrogen-bond donors (Lipinski definition) is 1. The monoisotopic (exact) mass is 423 g/mol. The van der Waals surface area contributed by atoms with Crippen molar-refractivity contribution >= 4 is 46.4 Å². The van der Waals surface area contributed by atoms with Crippen LogP contribution in [0.25, 0.3) is 0 Å². The Hall–Kier alpha value is -1.76. The van der Waals surface area contributed by atoms with Crippen molar-refractivity contribution in [3.05, 3.63) is 50.5 Å². The summed E-state index contributed by atoms with van der Waals surface area (Å²) >= 11 is 18.5. The molecule has 0 fully saturated rings. The summed E-state index contributed by atoms with van der Waals surface area (Å²) in [7, 11) is 0. The molecule has 0 bridgehead atoms. The highest BCUT2D eigenvalue weighted by atomic mass is 35.5. The lowest BCUT2D eigenvalue weighted by Crippen LogP contribution is -2.21. The first-order valence-corrected chi connectivity index (χ1v) is 8.45. The van der Waals surface area contributed by atoms with Gasteiger partial charge in [-0.05, 0) is 37.1 Å². The zero-order valence-electron chi connectivity index (χ0n) is 13.7.